The van der Waals surface area contributed by atoms with Crippen molar-refractivity contribution in [1.82, 2.24) is 14.8 Å². The number of aromatic nitrogens is 1. The Labute approximate surface area is 119 Å². The molecule has 6 heteroatoms. The van der Waals surface area contributed by atoms with Crippen molar-refractivity contribution in [3.8, 4) is 0 Å². The van der Waals surface area contributed by atoms with E-state index in [0.717, 1.165) is 39.1 Å². The van der Waals surface area contributed by atoms with Crippen LogP contribution in [0.5, 0.6) is 0 Å². The van der Waals surface area contributed by atoms with E-state index >= 15 is 0 Å². The van der Waals surface area contributed by atoms with E-state index in [4.69, 9.17) is 15.9 Å². The molecule has 0 amide bonds. The van der Waals surface area contributed by atoms with E-state index in [-0.39, 0.29) is 5.96 Å². The number of ether oxygens (including phenoxy) is 1. The Balaban J connectivity index is 1.71. The van der Waals surface area contributed by atoms with Crippen molar-refractivity contribution < 1.29 is 4.74 Å². The fraction of sp³-hybridized carbons (Fsp3) is 0.571. The van der Waals surface area contributed by atoms with Gasteiger partial charge in [0.15, 0.2) is 5.96 Å². The largest absolute Gasteiger partial charge is 0.379 e. The average Bonchev–Trinajstić information content (AvgIpc) is 2.41. The summed E-state index contributed by atoms with van der Waals surface area (Å²) in [4.78, 5) is 8.80. The second-order valence-electron chi connectivity index (χ2n) is 5.50. The Morgan fingerprint density at radius 3 is 3.05 bits per heavy atom. The van der Waals surface area contributed by atoms with Gasteiger partial charge >= 0.3 is 0 Å². The number of likely N-dealkylation sites (tertiary alicyclic amines) is 1. The number of rotatable bonds is 3. The van der Waals surface area contributed by atoms with Crippen LogP contribution in [0.1, 0.15) is 16.8 Å². The summed E-state index contributed by atoms with van der Waals surface area (Å²) in [6.45, 7) is 4.40. The van der Waals surface area contributed by atoms with E-state index in [2.05, 4.69) is 9.88 Å². The highest BCUT2D eigenvalue weighted by Crippen LogP contribution is 2.23. The van der Waals surface area contributed by atoms with Gasteiger partial charge in [-0.2, -0.15) is 0 Å². The summed E-state index contributed by atoms with van der Waals surface area (Å²) >= 11 is 0. The third-order valence-electron chi connectivity index (χ3n) is 4.21. The molecule has 20 heavy (non-hydrogen) atoms. The first-order chi connectivity index (χ1) is 9.67. The molecule has 2 aliphatic rings. The Kier molecular flexibility index (Phi) is 3.58. The van der Waals surface area contributed by atoms with Gasteiger partial charge in [-0.3, -0.25) is 15.3 Å². The van der Waals surface area contributed by atoms with Crippen LogP contribution in [0.2, 0.25) is 0 Å². The highest BCUT2D eigenvalue weighted by Gasteiger charge is 2.28. The lowest BCUT2D eigenvalue weighted by Crippen LogP contribution is -2.51. The zero-order valence-corrected chi connectivity index (χ0v) is 11.8. The van der Waals surface area contributed by atoms with Gasteiger partial charge in [-0.05, 0) is 23.6 Å². The van der Waals surface area contributed by atoms with E-state index in [1.54, 1.807) is 7.11 Å². The van der Waals surface area contributed by atoms with Gasteiger partial charge in [-0.15, -0.1) is 0 Å². The number of fused-ring (bicyclic) bond motifs is 1. The van der Waals surface area contributed by atoms with Gasteiger partial charge in [-0.25, -0.2) is 0 Å². The fourth-order valence-electron chi connectivity index (χ4n) is 2.92. The number of hydrogen-bond acceptors (Lipinski definition) is 4. The minimum atomic E-state index is 0.152. The highest BCUT2D eigenvalue weighted by atomic mass is 16.5. The number of nitrogens with one attached hydrogen (secondary N) is 1. The number of hydrogen-bond donors (Lipinski definition) is 2. The molecule has 0 unspecified atom stereocenters. The summed E-state index contributed by atoms with van der Waals surface area (Å²) in [5.41, 5.74) is 9.33. The van der Waals surface area contributed by atoms with E-state index in [9.17, 15) is 0 Å². The molecule has 1 saturated heterocycles. The van der Waals surface area contributed by atoms with Gasteiger partial charge in [-0.1, -0.05) is 0 Å². The average molecular weight is 275 g/mol. The molecular weight excluding hydrogens is 254 g/mol. The van der Waals surface area contributed by atoms with Crippen molar-refractivity contribution in [2.24, 2.45) is 5.73 Å². The van der Waals surface area contributed by atoms with Crippen LogP contribution >= 0.6 is 0 Å². The molecule has 2 aliphatic heterocycles. The van der Waals surface area contributed by atoms with Crippen molar-refractivity contribution in [3.05, 3.63) is 29.1 Å². The van der Waals surface area contributed by atoms with E-state index in [0.29, 0.717) is 6.10 Å². The van der Waals surface area contributed by atoms with Gasteiger partial charge in [0, 0.05) is 46.0 Å². The van der Waals surface area contributed by atoms with Crippen LogP contribution in [-0.2, 0) is 24.2 Å². The van der Waals surface area contributed by atoms with Crippen LogP contribution in [0.3, 0.4) is 0 Å². The maximum absolute atomic E-state index is 7.55. The van der Waals surface area contributed by atoms with Crippen molar-refractivity contribution in [3.63, 3.8) is 0 Å². The lowest BCUT2D eigenvalue weighted by atomic mass is 9.98. The van der Waals surface area contributed by atoms with Crippen LogP contribution in [0.25, 0.3) is 0 Å². The maximum Gasteiger partial charge on any atom is 0.188 e. The molecule has 0 radical (unpaired) electrons. The summed E-state index contributed by atoms with van der Waals surface area (Å²) < 4.78 is 5.30. The Hall–Kier alpha value is -1.66. The van der Waals surface area contributed by atoms with Gasteiger partial charge in [0.25, 0.3) is 0 Å². The minimum Gasteiger partial charge on any atom is -0.379 e. The normalized spacial score (nSPS) is 19.6. The zero-order chi connectivity index (χ0) is 14.1. The second kappa shape index (κ2) is 5.38. The molecule has 3 N–H and O–H groups in total. The maximum atomic E-state index is 7.55. The second-order valence-corrected chi connectivity index (χ2v) is 5.50. The number of pyridine rings is 1. The van der Waals surface area contributed by atoms with Gasteiger partial charge in [0.1, 0.15) is 0 Å². The number of methoxy groups -OCH3 is 1. The van der Waals surface area contributed by atoms with E-state index in [1.807, 2.05) is 17.2 Å². The summed E-state index contributed by atoms with van der Waals surface area (Å²) in [5.74, 6) is 0.152. The predicted octanol–water partition coefficient (Wildman–Crippen LogP) is 0.164. The van der Waals surface area contributed by atoms with Crippen LogP contribution in [0.4, 0.5) is 0 Å². The lowest BCUT2D eigenvalue weighted by Gasteiger charge is -2.38. The SMILES string of the molecule is COC1CN(Cc2nccc3c2CCN(C(=N)N)C3)C1. The first-order valence-corrected chi connectivity index (χ1v) is 6.97. The Bertz CT molecular complexity index is 512. The molecule has 1 aromatic rings. The Morgan fingerprint density at radius 1 is 1.55 bits per heavy atom. The summed E-state index contributed by atoms with van der Waals surface area (Å²) in [5, 5.41) is 7.55. The summed E-state index contributed by atoms with van der Waals surface area (Å²) in [6, 6.07) is 2.04. The molecule has 3 rings (SSSR count). The third kappa shape index (κ3) is 2.48. The smallest absolute Gasteiger partial charge is 0.188 e. The minimum absolute atomic E-state index is 0.152. The number of guanidine groups is 1. The molecule has 0 atom stereocenters. The molecule has 0 spiro atoms. The zero-order valence-electron chi connectivity index (χ0n) is 11.8. The first-order valence-electron chi connectivity index (χ1n) is 6.97. The fourth-order valence-corrected chi connectivity index (χ4v) is 2.92. The predicted molar refractivity (Wildman–Crippen MR) is 76.3 cm³/mol. The molecular formula is C14H21N5O. The van der Waals surface area contributed by atoms with Crippen molar-refractivity contribution in [2.75, 3.05) is 26.7 Å². The summed E-state index contributed by atoms with van der Waals surface area (Å²) in [7, 11) is 1.76. The van der Waals surface area contributed by atoms with Crippen LogP contribution in [0.15, 0.2) is 12.3 Å². The van der Waals surface area contributed by atoms with Crippen LogP contribution in [-0.4, -0.2) is 53.6 Å². The van der Waals surface area contributed by atoms with Crippen molar-refractivity contribution >= 4 is 5.96 Å². The number of nitrogens with two attached hydrogens (primary N) is 1. The Morgan fingerprint density at radius 2 is 2.35 bits per heavy atom. The molecule has 0 aliphatic carbocycles. The lowest BCUT2D eigenvalue weighted by molar-refractivity contribution is -0.0340. The number of nitrogens with zero attached hydrogens (tertiary/aromatic N) is 3. The molecule has 1 fully saturated rings. The van der Waals surface area contributed by atoms with Crippen LogP contribution in [0, 0.1) is 5.41 Å². The molecule has 0 saturated carbocycles. The molecule has 6 nitrogen and oxygen atoms in total. The van der Waals surface area contributed by atoms with Crippen molar-refractivity contribution in [1.29, 1.82) is 5.41 Å². The summed E-state index contributed by atoms with van der Waals surface area (Å²) in [6.07, 6.45) is 3.16. The molecule has 108 valence electrons. The third-order valence-corrected chi connectivity index (χ3v) is 4.21. The first kappa shape index (κ1) is 13.3. The van der Waals surface area contributed by atoms with Gasteiger partial charge < -0.3 is 15.4 Å². The molecule has 3 heterocycles. The van der Waals surface area contributed by atoms with Crippen LogP contribution < -0.4 is 5.73 Å². The van der Waals surface area contributed by atoms with Gasteiger partial charge in [0.05, 0.1) is 11.8 Å². The highest BCUT2D eigenvalue weighted by molar-refractivity contribution is 5.75. The standard InChI is InChI=1S/C14H21N5O/c1-20-11-7-18(8-11)9-13-12-3-5-19(14(15)16)6-10(12)2-4-17-13/h2,4,11H,3,5-9H2,1H3,(H3,15,16). The van der Waals surface area contributed by atoms with E-state index < -0.39 is 0 Å². The van der Waals surface area contributed by atoms with Gasteiger partial charge in [0.2, 0.25) is 0 Å². The molecule has 0 bridgehead atoms. The topological polar surface area (TPSA) is 78.5 Å². The van der Waals surface area contributed by atoms with E-state index in [1.165, 1.54) is 16.8 Å². The molecule has 0 aromatic carbocycles. The monoisotopic (exact) mass is 275 g/mol. The van der Waals surface area contributed by atoms with Crippen molar-refractivity contribution in [2.45, 2.75) is 25.6 Å². The quantitative estimate of drug-likeness (QED) is 0.607. The molecule has 1 aromatic heterocycles.